The molecule has 4 rings (SSSR count). The van der Waals surface area contributed by atoms with E-state index in [9.17, 15) is 13.6 Å². The highest BCUT2D eigenvalue weighted by molar-refractivity contribution is 5.99. The number of rotatable bonds is 7. The molecule has 0 atom stereocenters. The molecule has 35 heavy (non-hydrogen) atoms. The van der Waals surface area contributed by atoms with Gasteiger partial charge in [-0.25, -0.2) is 13.6 Å². The fourth-order valence-electron chi connectivity index (χ4n) is 4.16. The number of amides is 1. The molecule has 0 aliphatic carbocycles. The standard InChI is InChI=1S/C28H28F2N2O3/c1-5-31(6-2)28(33)35-24-14-13-23-22(25(24)19-9-11-21(34-4)12-10-19)15-16-32(23)17-20-8-7-18(3)26(29)27(20)30/h7-16H,5-6,17H2,1-4H3. The Kier molecular flexibility index (Phi) is 7.05. The van der Waals surface area contributed by atoms with E-state index in [1.165, 1.54) is 6.92 Å². The van der Waals surface area contributed by atoms with Gasteiger partial charge in [0.15, 0.2) is 11.6 Å². The van der Waals surface area contributed by atoms with Crippen molar-refractivity contribution >= 4 is 17.0 Å². The van der Waals surface area contributed by atoms with Gasteiger partial charge in [0, 0.05) is 41.3 Å². The molecule has 5 nitrogen and oxygen atoms in total. The van der Waals surface area contributed by atoms with Crippen LogP contribution in [0.15, 0.2) is 60.8 Å². The fraction of sp³-hybridized carbons (Fsp3) is 0.250. The maximum absolute atomic E-state index is 14.6. The summed E-state index contributed by atoms with van der Waals surface area (Å²) in [4.78, 5) is 14.3. The third kappa shape index (κ3) is 4.71. The van der Waals surface area contributed by atoms with E-state index in [4.69, 9.17) is 9.47 Å². The number of halogens is 2. The first-order chi connectivity index (χ1) is 16.9. The van der Waals surface area contributed by atoms with Crippen molar-refractivity contribution in [3.8, 4) is 22.6 Å². The number of carbonyl (C=O) groups excluding carboxylic acids is 1. The first-order valence-electron chi connectivity index (χ1n) is 11.5. The van der Waals surface area contributed by atoms with E-state index >= 15 is 0 Å². The largest absolute Gasteiger partial charge is 0.497 e. The summed E-state index contributed by atoms with van der Waals surface area (Å²) in [7, 11) is 1.60. The number of methoxy groups -OCH3 is 1. The Morgan fingerprint density at radius 2 is 1.66 bits per heavy atom. The Morgan fingerprint density at radius 3 is 2.31 bits per heavy atom. The van der Waals surface area contributed by atoms with Crippen LogP contribution in [0.4, 0.5) is 13.6 Å². The summed E-state index contributed by atoms with van der Waals surface area (Å²) in [5.74, 6) is -0.544. The SMILES string of the molecule is CCN(CC)C(=O)Oc1ccc2c(ccn2Cc2ccc(C)c(F)c2F)c1-c1ccc(OC)cc1. The van der Waals surface area contributed by atoms with Gasteiger partial charge in [0.1, 0.15) is 11.5 Å². The predicted octanol–water partition coefficient (Wildman–Crippen LogP) is 6.79. The zero-order valence-electron chi connectivity index (χ0n) is 20.3. The van der Waals surface area contributed by atoms with Gasteiger partial charge in [0.2, 0.25) is 0 Å². The topological polar surface area (TPSA) is 43.7 Å². The minimum atomic E-state index is -0.841. The molecule has 0 bridgehead atoms. The summed E-state index contributed by atoms with van der Waals surface area (Å²) in [6.45, 7) is 6.55. The molecule has 4 aromatic rings. The number of fused-ring (bicyclic) bond motifs is 1. The molecule has 1 heterocycles. The van der Waals surface area contributed by atoms with Crippen molar-refractivity contribution in [2.45, 2.75) is 27.3 Å². The highest BCUT2D eigenvalue weighted by Gasteiger charge is 2.20. The van der Waals surface area contributed by atoms with Crippen molar-refractivity contribution in [1.29, 1.82) is 0 Å². The van der Waals surface area contributed by atoms with Crippen molar-refractivity contribution < 1.29 is 23.0 Å². The third-order valence-electron chi connectivity index (χ3n) is 6.21. The molecule has 7 heteroatoms. The molecular weight excluding hydrogens is 450 g/mol. The minimum Gasteiger partial charge on any atom is -0.497 e. The lowest BCUT2D eigenvalue weighted by molar-refractivity contribution is 0.157. The second-order valence-corrected chi connectivity index (χ2v) is 8.25. The van der Waals surface area contributed by atoms with Crippen LogP contribution in [0.2, 0.25) is 0 Å². The van der Waals surface area contributed by atoms with E-state index in [1.54, 1.807) is 30.2 Å². The average Bonchev–Trinajstić information content (AvgIpc) is 3.27. The van der Waals surface area contributed by atoms with Crippen LogP contribution < -0.4 is 9.47 Å². The Morgan fingerprint density at radius 1 is 0.943 bits per heavy atom. The normalized spacial score (nSPS) is 11.0. The summed E-state index contributed by atoms with van der Waals surface area (Å²) in [6, 6.07) is 16.1. The number of hydrogen-bond donors (Lipinski definition) is 0. The second kappa shape index (κ2) is 10.2. The fourth-order valence-corrected chi connectivity index (χ4v) is 4.16. The maximum Gasteiger partial charge on any atom is 0.415 e. The van der Waals surface area contributed by atoms with Gasteiger partial charge in [-0.1, -0.05) is 24.3 Å². The van der Waals surface area contributed by atoms with Crippen LogP contribution in [-0.4, -0.2) is 35.8 Å². The number of aryl methyl sites for hydroxylation is 1. The van der Waals surface area contributed by atoms with Crippen molar-refractivity contribution in [2.24, 2.45) is 0 Å². The molecule has 0 spiro atoms. The lowest BCUT2D eigenvalue weighted by Gasteiger charge is -2.20. The van der Waals surface area contributed by atoms with Gasteiger partial charge in [-0.3, -0.25) is 0 Å². The number of benzene rings is 3. The Hall–Kier alpha value is -3.87. The van der Waals surface area contributed by atoms with Crippen molar-refractivity contribution in [3.05, 3.63) is 83.6 Å². The van der Waals surface area contributed by atoms with Crippen molar-refractivity contribution in [3.63, 3.8) is 0 Å². The molecule has 3 aromatic carbocycles. The summed E-state index contributed by atoms with van der Waals surface area (Å²) in [6.07, 6.45) is 1.39. The molecule has 182 valence electrons. The van der Waals surface area contributed by atoms with Crippen LogP contribution >= 0.6 is 0 Å². The zero-order chi connectivity index (χ0) is 25.1. The number of carbonyl (C=O) groups is 1. The first-order valence-corrected chi connectivity index (χ1v) is 11.5. The van der Waals surface area contributed by atoms with Gasteiger partial charge in [0.25, 0.3) is 0 Å². The lowest BCUT2D eigenvalue weighted by Crippen LogP contribution is -2.33. The molecule has 0 saturated carbocycles. The maximum atomic E-state index is 14.6. The van der Waals surface area contributed by atoms with E-state index in [0.717, 1.165) is 22.0 Å². The molecule has 0 N–H and O–H groups in total. The molecule has 1 aromatic heterocycles. The smallest absolute Gasteiger partial charge is 0.415 e. The highest BCUT2D eigenvalue weighted by atomic mass is 19.2. The van der Waals surface area contributed by atoms with E-state index in [-0.39, 0.29) is 17.7 Å². The van der Waals surface area contributed by atoms with E-state index in [2.05, 4.69) is 0 Å². The molecule has 0 saturated heterocycles. The third-order valence-corrected chi connectivity index (χ3v) is 6.21. The summed E-state index contributed by atoms with van der Waals surface area (Å²) >= 11 is 0. The first kappa shape index (κ1) is 24.3. The lowest BCUT2D eigenvalue weighted by atomic mass is 10.0. The number of aromatic nitrogens is 1. The zero-order valence-corrected chi connectivity index (χ0v) is 20.3. The summed E-state index contributed by atoms with van der Waals surface area (Å²) in [5, 5.41) is 0.827. The second-order valence-electron chi connectivity index (χ2n) is 8.25. The number of hydrogen-bond acceptors (Lipinski definition) is 3. The summed E-state index contributed by atoms with van der Waals surface area (Å²) < 4.78 is 41.6. The van der Waals surface area contributed by atoms with Gasteiger partial charge >= 0.3 is 6.09 Å². The van der Waals surface area contributed by atoms with Crippen LogP contribution in [0.5, 0.6) is 11.5 Å². The average molecular weight is 479 g/mol. The monoisotopic (exact) mass is 478 g/mol. The molecule has 0 unspecified atom stereocenters. The molecule has 0 aliphatic rings. The van der Waals surface area contributed by atoms with Gasteiger partial charge in [-0.15, -0.1) is 0 Å². The van der Waals surface area contributed by atoms with Crippen LogP contribution in [0, 0.1) is 18.6 Å². The Bertz CT molecular complexity index is 1360. The number of nitrogens with zero attached hydrogens (tertiary/aromatic N) is 2. The Labute approximate surface area is 203 Å². The van der Waals surface area contributed by atoms with E-state index in [0.29, 0.717) is 24.6 Å². The molecular formula is C28H28F2N2O3. The molecule has 0 fully saturated rings. The van der Waals surface area contributed by atoms with Gasteiger partial charge in [-0.05, 0) is 62.2 Å². The van der Waals surface area contributed by atoms with E-state index < -0.39 is 17.7 Å². The molecule has 0 aliphatic heterocycles. The van der Waals surface area contributed by atoms with Crippen LogP contribution in [0.3, 0.4) is 0 Å². The number of ether oxygens (including phenoxy) is 2. The summed E-state index contributed by atoms with van der Waals surface area (Å²) in [5.41, 5.74) is 2.90. The predicted molar refractivity (Wildman–Crippen MR) is 133 cm³/mol. The van der Waals surface area contributed by atoms with Gasteiger partial charge in [0.05, 0.1) is 13.7 Å². The van der Waals surface area contributed by atoms with Crippen LogP contribution in [0.1, 0.15) is 25.0 Å². The Balaban J connectivity index is 1.82. The van der Waals surface area contributed by atoms with E-state index in [1.807, 2.05) is 61.0 Å². The highest BCUT2D eigenvalue weighted by Crippen LogP contribution is 2.39. The van der Waals surface area contributed by atoms with Gasteiger partial charge < -0.3 is 18.9 Å². The van der Waals surface area contributed by atoms with Crippen molar-refractivity contribution in [2.75, 3.05) is 20.2 Å². The quantitative estimate of drug-likeness (QED) is 0.294. The van der Waals surface area contributed by atoms with Crippen molar-refractivity contribution in [1.82, 2.24) is 9.47 Å². The van der Waals surface area contributed by atoms with Gasteiger partial charge in [-0.2, -0.15) is 0 Å². The molecule has 0 radical (unpaired) electrons. The van der Waals surface area contributed by atoms with Crippen LogP contribution in [-0.2, 0) is 6.54 Å². The molecule has 1 amide bonds. The minimum absolute atomic E-state index is 0.160. The van der Waals surface area contributed by atoms with Crippen LogP contribution in [0.25, 0.3) is 22.0 Å².